The third-order valence-electron chi connectivity index (χ3n) is 5.48. The molecule has 1 aliphatic heterocycles. The van der Waals surface area contributed by atoms with Gasteiger partial charge in [0.25, 0.3) is 0 Å². The standard InChI is InChI=1S/C19H25N3O3/c1-12-11-16(12)17-5-3-15(24-17)4-6-18(23)22-9-7-14(8-10-22)19-20-13(2)21-25-19/h3,5,12,14,16H,4,6-11H2,1-2H3. The lowest BCUT2D eigenvalue weighted by molar-refractivity contribution is -0.132. The minimum absolute atomic E-state index is 0.206. The van der Waals surface area contributed by atoms with Crippen molar-refractivity contribution >= 4 is 5.91 Å². The van der Waals surface area contributed by atoms with Crippen LogP contribution in [0.3, 0.4) is 0 Å². The Bertz CT molecular complexity index is 743. The second kappa shape index (κ2) is 6.65. The first-order valence-corrected chi connectivity index (χ1v) is 9.26. The van der Waals surface area contributed by atoms with Gasteiger partial charge in [0.1, 0.15) is 11.5 Å². The molecule has 4 rings (SSSR count). The van der Waals surface area contributed by atoms with Crippen molar-refractivity contribution < 1.29 is 13.7 Å². The van der Waals surface area contributed by atoms with Crippen LogP contribution >= 0.6 is 0 Å². The van der Waals surface area contributed by atoms with Gasteiger partial charge >= 0.3 is 0 Å². The molecule has 2 unspecified atom stereocenters. The van der Waals surface area contributed by atoms with Crippen LogP contribution < -0.4 is 0 Å². The maximum atomic E-state index is 12.5. The summed E-state index contributed by atoms with van der Waals surface area (Å²) in [6, 6.07) is 4.10. The lowest BCUT2D eigenvalue weighted by atomic mass is 9.96. The number of carbonyl (C=O) groups is 1. The molecule has 134 valence electrons. The lowest BCUT2D eigenvalue weighted by Crippen LogP contribution is -2.38. The fraction of sp³-hybridized carbons (Fsp3) is 0.632. The Hall–Kier alpha value is -2.11. The third kappa shape index (κ3) is 3.62. The summed E-state index contributed by atoms with van der Waals surface area (Å²) in [6.07, 6.45) is 4.19. The molecule has 25 heavy (non-hydrogen) atoms. The molecule has 1 saturated carbocycles. The number of carbonyl (C=O) groups excluding carboxylic acids is 1. The number of aryl methyl sites for hydroxylation is 2. The number of amides is 1. The summed E-state index contributed by atoms with van der Waals surface area (Å²) in [4.78, 5) is 18.7. The highest BCUT2D eigenvalue weighted by molar-refractivity contribution is 5.76. The second-order valence-corrected chi connectivity index (χ2v) is 7.46. The molecule has 2 fully saturated rings. The average molecular weight is 343 g/mol. The van der Waals surface area contributed by atoms with Crippen LogP contribution in [-0.2, 0) is 11.2 Å². The number of hydrogen-bond acceptors (Lipinski definition) is 5. The highest BCUT2D eigenvalue weighted by Crippen LogP contribution is 2.47. The third-order valence-corrected chi connectivity index (χ3v) is 5.48. The number of hydrogen-bond donors (Lipinski definition) is 0. The van der Waals surface area contributed by atoms with Crippen molar-refractivity contribution in [1.82, 2.24) is 15.0 Å². The van der Waals surface area contributed by atoms with Crippen LogP contribution in [0.2, 0.25) is 0 Å². The van der Waals surface area contributed by atoms with E-state index in [9.17, 15) is 4.79 Å². The fourth-order valence-corrected chi connectivity index (χ4v) is 3.69. The van der Waals surface area contributed by atoms with Crippen molar-refractivity contribution in [2.24, 2.45) is 5.92 Å². The molecule has 2 aliphatic rings. The van der Waals surface area contributed by atoms with Gasteiger partial charge in [-0.05, 0) is 44.2 Å². The highest BCUT2D eigenvalue weighted by atomic mass is 16.5. The van der Waals surface area contributed by atoms with Crippen LogP contribution in [0.4, 0.5) is 0 Å². The van der Waals surface area contributed by atoms with Crippen molar-refractivity contribution in [1.29, 1.82) is 0 Å². The molecule has 0 radical (unpaired) electrons. The summed E-state index contributed by atoms with van der Waals surface area (Å²) in [7, 11) is 0. The molecule has 6 heteroatoms. The molecule has 1 aliphatic carbocycles. The topological polar surface area (TPSA) is 72.4 Å². The van der Waals surface area contributed by atoms with Crippen molar-refractivity contribution in [2.45, 2.75) is 57.8 Å². The summed E-state index contributed by atoms with van der Waals surface area (Å²) in [5.74, 6) is 5.22. The van der Waals surface area contributed by atoms with Gasteiger partial charge in [0.15, 0.2) is 5.82 Å². The molecule has 0 spiro atoms. The Kier molecular flexibility index (Phi) is 4.36. The molecular weight excluding hydrogens is 318 g/mol. The van der Waals surface area contributed by atoms with Gasteiger partial charge in [0.2, 0.25) is 11.8 Å². The van der Waals surface area contributed by atoms with Crippen molar-refractivity contribution in [3.05, 3.63) is 35.4 Å². The van der Waals surface area contributed by atoms with E-state index in [2.05, 4.69) is 23.1 Å². The summed E-state index contributed by atoms with van der Waals surface area (Å²) in [5.41, 5.74) is 0. The Morgan fingerprint density at radius 3 is 2.72 bits per heavy atom. The first-order valence-electron chi connectivity index (χ1n) is 9.26. The van der Waals surface area contributed by atoms with E-state index in [0.717, 1.165) is 43.4 Å². The largest absolute Gasteiger partial charge is 0.466 e. The van der Waals surface area contributed by atoms with E-state index in [-0.39, 0.29) is 11.8 Å². The van der Waals surface area contributed by atoms with Crippen LogP contribution in [0.15, 0.2) is 21.1 Å². The van der Waals surface area contributed by atoms with E-state index < -0.39 is 0 Å². The van der Waals surface area contributed by atoms with Crippen molar-refractivity contribution in [2.75, 3.05) is 13.1 Å². The fourth-order valence-electron chi connectivity index (χ4n) is 3.69. The number of likely N-dealkylation sites (tertiary alicyclic amines) is 1. The maximum absolute atomic E-state index is 12.5. The zero-order chi connectivity index (χ0) is 17.4. The van der Waals surface area contributed by atoms with Crippen molar-refractivity contribution in [3.63, 3.8) is 0 Å². The van der Waals surface area contributed by atoms with Gasteiger partial charge < -0.3 is 13.8 Å². The summed E-state index contributed by atoms with van der Waals surface area (Å²) in [5, 5.41) is 3.86. The van der Waals surface area contributed by atoms with E-state index >= 15 is 0 Å². The molecule has 6 nitrogen and oxygen atoms in total. The van der Waals surface area contributed by atoms with Gasteiger partial charge in [-0.25, -0.2) is 0 Å². The zero-order valence-electron chi connectivity index (χ0n) is 14.9. The van der Waals surface area contributed by atoms with E-state index in [1.54, 1.807) is 0 Å². The Morgan fingerprint density at radius 2 is 2.08 bits per heavy atom. The minimum Gasteiger partial charge on any atom is -0.466 e. The van der Waals surface area contributed by atoms with E-state index in [4.69, 9.17) is 8.94 Å². The number of piperidine rings is 1. The molecule has 0 N–H and O–H groups in total. The Labute approximate surface area is 147 Å². The zero-order valence-corrected chi connectivity index (χ0v) is 14.9. The lowest BCUT2D eigenvalue weighted by Gasteiger charge is -2.30. The maximum Gasteiger partial charge on any atom is 0.229 e. The quantitative estimate of drug-likeness (QED) is 0.831. The summed E-state index contributed by atoms with van der Waals surface area (Å²) in [6.45, 7) is 5.59. The first kappa shape index (κ1) is 16.4. The van der Waals surface area contributed by atoms with Crippen molar-refractivity contribution in [3.8, 4) is 0 Å². The molecule has 2 aromatic rings. The van der Waals surface area contributed by atoms with Gasteiger partial charge in [-0.2, -0.15) is 4.98 Å². The SMILES string of the molecule is Cc1noc(C2CCN(C(=O)CCc3ccc(C4CC4C)o3)CC2)n1. The minimum atomic E-state index is 0.206. The predicted octanol–water partition coefficient (Wildman–Crippen LogP) is 3.43. The van der Waals surface area contributed by atoms with Crippen LogP contribution in [-0.4, -0.2) is 34.0 Å². The normalized spacial score (nSPS) is 23.8. The summed E-state index contributed by atoms with van der Waals surface area (Å²) >= 11 is 0. The van der Waals surface area contributed by atoms with Crippen LogP contribution in [0.1, 0.15) is 67.7 Å². The molecule has 3 heterocycles. The van der Waals surface area contributed by atoms with E-state index in [1.807, 2.05) is 17.9 Å². The van der Waals surface area contributed by atoms with Crippen LogP contribution in [0.25, 0.3) is 0 Å². The Morgan fingerprint density at radius 1 is 1.32 bits per heavy atom. The monoisotopic (exact) mass is 343 g/mol. The smallest absolute Gasteiger partial charge is 0.229 e. The van der Waals surface area contributed by atoms with E-state index in [0.29, 0.717) is 30.5 Å². The van der Waals surface area contributed by atoms with E-state index in [1.165, 1.54) is 6.42 Å². The van der Waals surface area contributed by atoms with Gasteiger partial charge in [0.05, 0.1) is 0 Å². The number of furan rings is 1. The molecule has 0 bridgehead atoms. The van der Waals surface area contributed by atoms with Crippen LogP contribution in [0, 0.1) is 12.8 Å². The van der Waals surface area contributed by atoms with Gasteiger partial charge in [0, 0.05) is 37.8 Å². The Balaban J connectivity index is 1.24. The molecule has 0 aromatic carbocycles. The van der Waals surface area contributed by atoms with Crippen LogP contribution in [0.5, 0.6) is 0 Å². The molecule has 2 atom stereocenters. The van der Waals surface area contributed by atoms with Gasteiger partial charge in [-0.15, -0.1) is 0 Å². The molecule has 2 aromatic heterocycles. The summed E-state index contributed by atoms with van der Waals surface area (Å²) < 4.78 is 11.2. The number of rotatable bonds is 5. The number of aromatic nitrogens is 2. The first-order chi connectivity index (χ1) is 12.1. The molecule has 1 amide bonds. The average Bonchev–Trinajstić information content (AvgIpc) is 3.02. The predicted molar refractivity (Wildman–Crippen MR) is 91.1 cm³/mol. The second-order valence-electron chi connectivity index (χ2n) is 7.46. The highest BCUT2D eigenvalue weighted by Gasteiger charge is 2.36. The van der Waals surface area contributed by atoms with Gasteiger partial charge in [-0.1, -0.05) is 12.1 Å². The molecule has 1 saturated heterocycles. The molecular formula is C19H25N3O3. The number of nitrogens with zero attached hydrogens (tertiary/aromatic N) is 3. The van der Waals surface area contributed by atoms with Gasteiger partial charge in [-0.3, -0.25) is 4.79 Å².